The molecule has 0 unspecified atom stereocenters. The lowest BCUT2D eigenvalue weighted by Gasteiger charge is -2.37. The number of nitrogens with zero attached hydrogens (tertiary/aromatic N) is 8. The average molecular weight is 468 g/mol. The minimum absolute atomic E-state index is 0.192. The van der Waals surface area contributed by atoms with Crippen molar-refractivity contribution in [3.8, 4) is 22.9 Å². The van der Waals surface area contributed by atoms with E-state index in [-0.39, 0.29) is 6.04 Å². The van der Waals surface area contributed by atoms with E-state index in [0.717, 1.165) is 71.1 Å². The molecule has 35 heavy (non-hydrogen) atoms. The van der Waals surface area contributed by atoms with Crippen molar-refractivity contribution in [3.63, 3.8) is 0 Å². The molecule has 2 aliphatic rings. The fourth-order valence-corrected chi connectivity index (χ4v) is 4.97. The van der Waals surface area contributed by atoms with Crippen molar-refractivity contribution >= 4 is 33.6 Å². The van der Waals surface area contributed by atoms with Crippen LogP contribution in [0.2, 0.25) is 0 Å². The number of nitrogens with one attached hydrogen (secondary N) is 2. The van der Waals surface area contributed by atoms with Crippen LogP contribution in [0.5, 0.6) is 0 Å². The Hall–Kier alpha value is -4.12. The lowest BCUT2D eigenvalue weighted by atomic mass is 10.1. The molecule has 176 valence electrons. The first-order chi connectivity index (χ1) is 17.2. The number of piperidine rings is 1. The van der Waals surface area contributed by atoms with Gasteiger partial charge in [-0.3, -0.25) is 15.1 Å². The highest BCUT2D eigenvalue weighted by Crippen LogP contribution is 2.32. The zero-order valence-electron chi connectivity index (χ0n) is 19.1. The van der Waals surface area contributed by atoms with Gasteiger partial charge in [-0.1, -0.05) is 0 Å². The number of imidazole rings is 1. The number of pyridine rings is 2. The van der Waals surface area contributed by atoms with Crippen LogP contribution in [0.1, 0.15) is 19.3 Å². The minimum Gasteiger partial charge on any atom is -0.370 e. The molecule has 2 aliphatic heterocycles. The Balaban J connectivity index is 1.28. The number of rotatable bonds is 4. The molecular formula is C24H25N11. The summed E-state index contributed by atoms with van der Waals surface area (Å²) in [6.07, 6.45) is 10.8. The fraction of sp³-hybridized carbons (Fsp3) is 0.333. The number of anilines is 2. The van der Waals surface area contributed by atoms with Crippen molar-refractivity contribution in [3.05, 3.63) is 36.9 Å². The summed E-state index contributed by atoms with van der Waals surface area (Å²) in [5.74, 6) is 1.49. The third-order valence-corrected chi connectivity index (χ3v) is 6.85. The zero-order chi connectivity index (χ0) is 23.4. The highest BCUT2D eigenvalue weighted by Gasteiger charge is 2.25. The van der Waals surface area contributed by atoms with Crippen LogP contribution in [0.15, 0.2) is 36.9 Å². The first-order valence-corrected chi connectivity index (χ1v) is 12.0. The van der Waals surface area contributed by atoms with Gasteiger partial charge in [-0.25, -0.2) is 15.0 Å². The number of aromatic nitrogens is 8. The van der Waals surface area contributed by atoms with Gasteiger partial charge in [-0.15, -0.1) is 0 Å². The summed E-state index contributed by atoms with van der Waals surface area (Å²) in [4.78, 5) is 31.1. The quantitative estimate of drug-likeness (QED) is 0.363. The fourth-order valence-electron chi connectivity index (χ4n) is 4.97. The highest BCUT2D eigenvalue weighted by molar-refractivity contribution is 5.95. The molecular weight excluding hydrogens is 442 g/mol. The summed E-state index contributed by atoms with van der Waals surface area (Å²) < 4.78 is 0. The number of fused-ring (bicyclic) bond motifs is 2. The number of hydrogen-bond acceptors (Lipinski definition) is 9. The van der Waals surface area contributed by atoms with Gasteiger partial charge in [0.05, 0.1) is 35.5 Å². The Labute approximate surface area is 200 Å². The molecule has 0 atom stereocenters. The second-order valence-corrected chi connectivity index (χ2v) is 9.28. The van der Waals surface area contributed by atoms with Crippen LogP contribution in [0.4, 0.5) is 11.5 Å². The normalized spacial score (nSPS) is 16.8. The predicted octanol–water partition coefficient (Wildman–Crippen LogP) is 2.49. The van der Waals surface area contributed by atoms with Gasteiger partial charge in [0.15, 0.2) is 11.5 Å². The molecule has 11 nitrogen and oxygen atoms in total. The molecule has 0 bridgehead atoms. The van der Waals surface area contributed by atoms with E-state index in [0.29, 0.717) is 11.5 Å². The molecule has 7 heterocycles. The second kappa shape index (κ2) is 7.98. The molecule has 2 fully saturated rings. The maximum absolute atomic E-state index is 5.93. The molecule has 0 spiro atoms. The third-order valence-electron chi connectivity index (χ3n) is 6.85. The van der Waals surface area contributed by atoms with Crippen molar-refractivity contribution in [2.45, 2.75) is 25.3 Å². The molecule has 0 saturated carbocycles. The topological polar surface area (TPSA) is 141 Å². The summed E-state index contributed by atoms with van der Waals surface area (Å²) in [5, 5.41) is 8.54. The molecule has 0 aliphatic carbocycles. The van der Waals surface area contributed by atoms with Crippen LogP contribution in [-0.2, 0) is 0 Å². The maximum Gasteiger partial charge on any atom is 0.161 e. The van der Waals surface area contributed by atoms with E-state index >= 15 is 0 Å². The monoisotopic (exact) mass is 467 g/mol. The van der Waals surface area contributed by atoms with Crippen molar-refractivity contribution in [1.82, 2.24) is 40.1 Å². The SMILES string of the molecule is NC1CN(c2cncc(-c3cc4c(-c5nc6c(N7CCCCC7)ccnc6[nH]5)n[nH]c4cn3)n2)C1. The Morgan fingerprint density at radius 2 is 1.83 bits per heavy atom. The Bertz CT molecular complexity index is 1530. The van der Waals surface area contributed by atoms with Gasteiger partial charge in [0.2, 0.25) is 0 Å². The van der Waals surface area contributed by atoms with Gasteiger partial charge >= 0.3 is 0 Å². The summed E-state index contributed by atoms with van der Waals surface area (Å²) in [5.41, 5.74) is 11.7. The smallest absolute Gasteiger partial charge is 0.161 e. The Kier molecular flexibility index (Phi) is 4.62. The van der Waals surface area contributed by atoms with Crippen LogP contribution in [0.3, 0.4) is 0 Å². The maximum atomic E-state index is 5.93. The van der Waals surface area contributed by atoms with E-state index in [1.165, 1.54) is 19.3 Å². The molecule has 5 aromatic rings. The van der Waals surface area contributed by atoms with Gasteiger partial charge in [0, 0.05) is 43.8 Å². The third kappa shape index (κ3) is 3.46. The van der Waals surface area contributed by atoms with E-state index < -0.39 is 0 Å². The predicted molar refractivity (Wildman–Crippen MR) is 134 cm³/mol. The van der Waals surface area contributed by atoms with Crippen LogP contribution in [-0.4, -0.2) is 72.3 Å². The lowest BCUT2D eigenvalue weighted by Crippen LogP contribution is -2.56. The molecule has 5 aromatic heterocycles. The van der Waals surface area contributed by atoms with Crippen LogP contribution in [0.25, 0.3) is 45.0 Å². The van der Waals surface area contributed by atoms with Gasteiger partial charge in [0.1, 0.15) is 22.7 Å². The Morgan fingerprint density at radius 3 is 2.69 bits per heavy atom. The van der Waals surface area contributed by atoms with Gasteiger partial charge < -0.3 is 20.5 Å². The summed E-state index contributed by atoms with van der Waals surface area (Å²) in [6.45, 7) is 3.67. The number of aromatic amines is 2. The molecule has 11 heteroatoms. The summed E-state index contributed by atoms with van der Waals surface area (Å²) in [7, 11) is 0. The van der Waals surface area contributed by atoms with Crippen molar-refractivity contribution < 1.29 is 0 Å². The van der Waals surface area contributed by atoms with E-state index in [2.05, 4.69) is 46.0 Å². The van der Waals surface area contributed by atoms with Crippen LogP contribution < -0.4 is 15.5 Å². The standard InChI is InChI=1S/C24H25N11/c25-14-12-35(13-14)20-11-26-9-18(29-20)16-8-15-17(10-28-16)32-33-21(15)24-30-22-19(4-5-27-23(22)31-24)34-6-2-1-3-7-34/h4-5,8-11,14H,1-3,6-7,12-13,25H2,(H,32,33)(H,27,30,31). The number of hydrogen-bond donors (Lipinski definition) is 3. The van der Waals surface area contributed by atoms with Gasteiger partial charge in [-0.2, -0.15) is 5.10 Å². The summed E-state index contributed by atoms with van der Waals surface area (Å²) >= 11 is 0. The zero-order valence-corrected chi connectivity index (χ0v) is 19.1. The molecule has 4 N–H and O–H groups in total. The van der Waals surface area contributed by atoms with Gasteiger partial charge in [-0.05, 0) is 31.4 Å². The Morgan fingerprint density at radius 1 is 0.943 bits per heavy atom. The number of H-pyrrole nitrogens is 2. The number of nitrogens with two attached hydrogens (primary N) is 1. The van der Waals surface area contributed by atoms with Crippen molar-refractivity contribution in [2.24, 2.45) is 5.73 Å². The molecule has 2 saturated heterocycles. The first kappa shape index (κ1) is 20.3. The molecule has 7 rings (SSSR count). The molecule has 0 radical (unpaired) electrons. The van der Waals surface area contributed by atoms with E-state index in [9.17, 15) is 0 Å². The lowest BCUT2D eigenvalue weighted by molar-refractivity contribution is 0.514. The van der Waals surface area contributed by atoms with Crippen molar-refractivity contribution in [2.75, 3.05) is 36.0 Å². The summed E-state index contributed by atoms with van der Waals surface area (Å²) in [6, 6.07) is 4.23. The van der Waals surface area contributed by atoms with Crippen LogP contribution in [0, 0.1) is 0 Å². The first-order valence-electron chi connectivity index (χ1n) is 12.0. The molecule has 0 aromatic carbocycles. The highest BCUT2D eigenvalue weighted by atomic mass is 15.3. The molecule has 0 amide bonds. The van der Waals surface area contributed by atoms with E-state index in [4.69, 9.17) is 15.7 Å². The average Bonchev–Trinajstić information content (AvgIpc) is 3.51. The van der Waals surface area contributed by atoms with Crippen LogP contribution >= 0.6 is 0 Å². The van der Waals surface area contributed by atoms with E-state index in [1.807, 2.05) is 12.3 Å². The minimum atomic E-state index is 0.192. The van der Waals surface area contributed by atoms with Crippen molar-refractivity contribution in [1.29, 1.82) is 0 Å². The largest absolute Gasteiger partial charge is 0.370 e. The van der Waals surface area contributed by atoms with E-state index in [1.54, 1.807) is 18.6 Å². The second-order valence-electron chi connectivity index (χ2n) is 9.28. The van der Waals surface area contributed by atoms with Gasteiger partial charge in [0.25, 0.3) is 0 Å².